The quantitative estimate of drug-likeness (QED) is 0.510. The van der Waals surface area contributed by atoms with Crippen LogP contribution in [0.1, 0.15) is 30.1 Å². The second-order valence-corrected chi connectivity index (χ2v) is 6.42. The number of carbonyl (C=O) groups excluding carboxylic acids is 2. The predicted octanol–water partition coefficient (Wildman–Crippen LogP) is 1.30. The summed E-state index contributed by atoms with van der Waals surface area (Å²) in [6, 6.07) is 7.87. The van der Waals surface area contributed by atoms with Gasteiger partial charge >= 0.3 is 12.1 Å². The standard InChI is InChI=1S/C17H19NO6/c1-2-22-16(20)18-11-8-17(21,9-12(18)14-13(11)23-14)24-15(19)10-6-4-3-5-7-10/h3-7,11-14,21H,2,8-9H2,1H3/t11?,12?,13-,14+,17?. The van der Waals surface area contributed by atoms with Crippen LogP contribution < -0.4 is 0 Å². The molecule has 24 heavy (non-hydrogen) atoms. The number of esters is 1. The average Bonchev–Trinajstić information content (AvgIpc) is 3.31. The van der Waals surface area contributed by atoms with Crippen LogP contribution in [0.3, 0.4) is 0 Å². The fourth-order valence-corrected chi connectivity index (χ4v) is 3.84. The van der Waals surface area contributed by atoms with E-state index in [4.69, 9.17) is 14.2 Å². The molecule has 2 bridgehead atoms. The third-order valence-electron chi connectivity index (χ3n) is 4.86. The van der Waals surface area contributed by atoms with E-state index in [0.29, 0.717) is 5.56 Å². The molecule has 1 aromatic rings. The van der Waals surface area contributed by atoms with Gasteiger partial charge < -0.3 is 19.3 Å². The molecule has 128 valence electrons. The monoisotopic (exact) mass is 333 g/mol. The fourth-order valence-electron chi connectivity index (χ4n) is 3.84. The second-order valence-electron chi connectivity index (χ2n) is 6.42. The van der Waals surface area contributed by atoms with Gasteiger partial charge in [0.2, 0.25) is 5.79 Å². The van der Waals surface area contributed by atoms with Crippen molar-refractivity contribution in [3.8, 4) is 0 Å². The van der Waals surface area contributed by atoms with E-state index in [1.54, 1.807) is 42.2 Å². The first-order valence-corrected chi connectivity index (χ1v) is 8.14. The highest BCUT2D eigenvalue weighted by Crippen LogP contribution is 2.51. The number of hydrogen-bond acceptors (Lipinski definition) is 6. The molecule has 7 nitrogen and oxygen atoms in total. The number of ether oxygens (including phenoxy) is 3. The molecule has 0 aliphatic carbocycles. The summed E-state index contributed by atoms with van der Waals surface area (Å²) in [4.78, 5) is 26.0. The maximum absolute atomic E-state index is 12.2. The van der Waals surface area contributed by atoms with Crippen LogP contribution in [0.2, 0.25) is 0 Å². The molecule has 0 radical (unpaired) electrons. The Morgan fingerprint density at radius 1 is 1.25 bits per heavy atom. The number of morpholine rings is 1. The summed E-state index contributed by atoms with van der Waals surface area (Å²) in [5.74, 6) is -2.17. The largest absolute Gasteiger partial charge is 0.450 e. The van der Waals surface area contributed by atoms with E-state index < -0.39 is 17.8 Å². The van der Waals surface area contributed by atoms with E-state index in [2.05, 4.69) is 0 Å². The number of amides is 1. The van der Waals surface area contributed by atoms with Gasteiger partial charge in [-0.2, -0.15) is 0 Å². The Balaban J connectivity index is 1.49. The molecule has 1 amide bonds. The minimum atomic E-state index is -1.60. The van der Waals surface area contributed by atoms with Crippen molar-refractivity contribution in [2.75, 3.05) is 6.61 Å². The SMILES string of the molecule is CCOC(=O)N1C2CC(O)(OC(=O)c3ccccc3)CC1[C@@H]1O[C@H]21. The molecule has 3 saturated heterocycles. The maximum Gasteiger partial charge on any atom is 0.410 e. The van der Waals surface area contributed by atoms with Gasteiger partial charge in [0.15, 0.2) is 0 Å². The fraction of sp³-hybridized carbons (Fsp3) is 0.529. The van der Waals surface area contributed by atoms with Crippen molar-refractivity contribution < 1.29 is 28.9 Å². The lowest BCUT2D eigenvalue weighted by Gasteiger charge is -2.43. The summed E-state index contributed by atoms with van der Waals surface area (Å²) in [5.41, 5.74) is 0.382. The topological polar surface area (TPSA) is 88.6 Å². The molecule has 0 aromatic heterocycles. The van der Waals surface area contributed by atoms with E-state index in [-0.39, 0.29) is 43.7 Å². The molecule has 3 aliphatic rings. The van der Waals surface area contributed by atoms with Gasteiger partial charge in [0.25, 0.3) is 0 Å². The maximum atomic E-state index is 12.2. The number of fused-ring (bicyclic) bond motifs is 5. The third-order valence-corrected chi connectivity index (χ3v) is 4.86. The number of benzene rings is 1. The number of epoxide rings is 1. The Morgan fingerprint density at radius 2 is 1.88 bits per heavy atom. The molecule has 0 saturated carbocycles. The number of nitrogens with zero attached hydrogens (tertiary/aromatic N) is 1. The molecular weight excluding hydrogens is 314 g/mol. The summed E-state index contributed by atoms with van der Waals surface area (Å²) in [6.45, 7) is 2.04. The number of hydrogen-bond donors (Lipinski definition) is 1. The predicted molar refractivity (Wildman–Crippen MR) is 81.1 cm³/mol. The third kappa shape index (κ3) is 2.44. The first-order valence-electron chi connectivity index (χ1n) is 8.14. The van der Waals surface area contributed by atoms with Gasteiger partial charge in [-0.25, -0.2) is 9.59 Å². The molecule has 7 heteroatoms. The zero-order chi connectivity index (χ0) is 16.9. The second kappa shape index (κ2) is 5.46. The van der Waals surface area contributed by atoms with Crippen molar-refractivity contribution >= 4 is 12.1 Å². The summed E-state index contributed by atoms with van der Waals surface area (Å²) in [7, 11) is 0. The van der Waals surface area contributed by atoms with Crippen LogP contribution in [0.4, 0.5) is 4.79 Å². The van der Waals surface area contributed by atoms with Gasteiger partial charge in [-0.15, -0.1) is 0 Å². The van der Waals surface area contributed by atoms with Gasteiger partial charge in [0, 0.05) is 12.8 Å². The Labute approximate surface area is 139 Å². The van der Waals surface area contributed by atoms with Crippen molar-refractivity contribution in [3.05, 3.63) is 35.9 Å². The summed E-state index contributed by atoms with van der Waals surface area (Å²) < 4.78 is 16.0. The highest BCUT2D eigenvalue weighted by molar-refractivity contribution is 5.89. The molecule has 4 rings (SSSR count). The first-order chi connectivity index (χ1) is 11.5. The van der Waals surface area contributed by atoms with Gasteiger partial charge in [-0.3, -0.25) is 4.90 Å². The van der Waals surface area contributed by atoms with E-state index in [0.717, 1.165) is 0 Å². The van der Waals surface area contributed by atoms with E-state index in [1.807, 2.05) is 0 Å². The zero-order valence-electron chi connectivity index (χ0n) is 13.3. The van der Waals surface area contributed by atoms with Crippen LogP contribution in [0.25, 0.3) is 0 Å². The van der Waals surface area contributed by atoms with Crippen molar-refractivity contribution in [2.24, 2.45) is 0 Å². The molecular formula is C17H19NO6. The Kier molecular flexibility index (Phi) is 3.51. The van der Waals surface area contributed by atoms with Crippen molar-refractivity contribution in [3.63, 3.8) is 0 Å². The number of carbonyl (C=O) groups is 2. The lowest BCUT2D eigenvalue weighted by Crippen LogP contribution is -2.58. The van der Waals surface area contributed by atoms with Crippen molar-refractivity contribution in [1.29, 1.82) is 0 Å². The summed E-state index contributed by atoms with van der Waals surface area (Å²) in [6.07, 6.45) is -0.364. The molecule has 3 aliphatic heterocycles. The first kappa shape index (κ1) is 15.4. The molecule has 1 aromatic carbocycles. The number of aliphatic hydroxyl groups is 1. The minimum absolute atomic E-state index is 0.108. The molecule has 3 heterocycles. The van der Waals surface area contributed by atoms with Crippen LogP contribution in [0.5, 0.6) is 0 Å². The average molecular weight is 333 g/mol. The van der Waals surface area contributed by atoms with E-state index >= 15 is 0 Å². The highest BCUT2D eigenvalue weighted by Gasteiger charge is 2.69. The lowest BCUT2D eigenvalue weighted by atomic mass is 9.95. The molecule has 5 atom stereocenters. The van der Waals surface area contributed by atoms with Crippen molar-refractivity contribution in [1.82, 2.24) is 4.90 Å². The molecule has 3 fully saturated rings. The summed E-state index contributed by atoms with van der Waals surface area (Å²) in [5, 5.41) is 10.8. The van der Waals surface area contributed by atoms with Crippen LogP contribution >= 0.6 is 0 Å². The van der Waals surface area contributed by atoms with Gasteiger partial charge in [0.05, 0.1) is 24.3 Å². The number of piperidine rings is 1. The Morgan fingerprint density at radius 3 is 2.46 bits per heavy atom. The highest BCUT2D eigenvalue weighted by atomic mass is 16.7. The molecule has 3 unspecified atom stereocenters. The van der Waals surface area contributed by atoms with E-state index in [9.17, 15) is 14.7 Å². The van der Waals surface area contributed by atoms with Gasteiger partial charge in [0.1, 0.15) is 12.2 Å². The van der Waals surface area contributed by atoms with Gasteiger partial charge in [-0.05, 0) is 19.1 Å². The Hall–Kier alpha value is -2.12. The smallest absolute Gasteiger partial charge is 0.410 e. The number of rotatable bonds is 3. The normalized spacial score (nSPS) is 36.0. The summed E-state index contributed by atoms with van der Waals surface area (Å²) >= 11 is 0. The zero-order valence-corrected chi connectivity index (χ0v) is 13.3. The minimum Gasteiger partial charge on any atom is -0.450 e. The van der Waals surface area contributed by atoms with Crippen molar-refractivity contribution in [2.45, 2.75) is 49.8 Å². The van der Waals surface area contributed by atoms with Crippen LogP contribution in [-0.4, -0.2) is 58.8 Å². The van der Waals surface area contributed by atoms with E-state index in [1.165, 1.54) is 0 Å². The van der Waals surface area contributed by atoms with Gasteiger partial charge in [-0.1, -0.05) is 18.2 Å². The van der Waals surface area contributed by atoms with Crippen LogP contribution in [0, 0.1) is 0 Å². The molecule has 1 N–H and O–H groups in total. The van der Waals surface area contributed by atoms with Crippen LogP contribution in [-0.2, 0) is 14.2 Å². The lowest BCUT2D eigenvalue weighted by molar-refractivity contribution is -0.209. The Bertz CT molecular complexity index is 644. The van der Waals surface area contributed by atoms with Crippen LogP contribution in [0.15, 0.2) is 30.3 Å². The molecule has 0 spiro atoms.